The molecule has 0 atom stereocenters. The third-order valence-electron chi connectivity index (χ3n) is 1.82. The largest absolute Gasteiger partial charge is 0.306 e. The number of aryl methyl sites for hydroxylation is 1. The summed E-state index contributed by atoms with van der Waals surface area (Å²) >= 11 is 1.66. The molecule has 0 saturated carbocycles. The first kappa shape index (κ1) is 9.58. The molecule has 1 heterocycles. The number of hydrogen-bond donors (Lipinski definition) is 0. The summed E-state index contributed by atoms with van der Waals surface area (Å²) in [4.78, 5) is 0. The maximum Gasteiger partial charge on any atom is 0.190 e. The second-order valence-corrected chi connectivity index (χ2v) is 3.51. The maximum atomic E-state index is 4.06. The molecule has 0 bridgehead atoms. The SMILES string of the molecule is CCCCn1c(C)nnc1SC. The summed E-state index contributed by atoms with van der Waals surface area (Å²) in [5, 5.41) is 9.12. The number of aromatic nitrogens is 3. The van der Waals surface area contributed by atoms with Gasteiger partial charge >= 0.3 is 0 Å². The molecule has 0 aliphatic heterocycles. The van der Waals surface area contributed by atoms with Crippen LogP contribution in [-0.4, -0.2) is 21.0 Å². The topological polar surface area (TPSA) is 30.7 Å². The average Bonchev–Trinajstić information content (AvgIpc) is 2.43. The second-order valence-electron chi connectivity index (χ2n) is 2.74. The van der Waals surface area contributed by atoms with E-state index in [1.54, 1.807) is 11.8 Å². The van der Waals surface area contributed by atoms with Crippen LogP contribution in [0.15, 0.2) is 5.16 Å². The summed E-state index contributed by atoms with van der Waals surface area (Å²) in [6.45, 7) is 5.24. The van der Waals surface area contributed by atoms with Crippen LogP contribution >= 0.6 is 11.8 Å². The summed E-state index contributed by atoms with van der Waals surface area (Å²) < 4.78 is 2.17. The fourth-order valence-electron chi connectivity index (χ4n) is 1.09. The summed E-state index contributed by atoms with van der Waals surface area (Å²) in [6, 6.07) is 0. The van der Waals surface area contributed by atoms with Crippen molar-refractivity contribution in [2.75, 3.05) is 6.26 Å². The Hall–Kier alpha value is -0.510. The lowest BCUT2D eigenvalue weighted by Gasteiger charge is -2.04. The highest BCUT2D eigenvalue weighted by Crippen LogP contribution is 2.13. The number of hydrogen-bond acceptors (Lipinski definition) is 3. The molecule has 0 amide bonds. The molecule has 0 spiro atoms. The molecule has 0 aliphatic rings. The zero-order valence-electron chi connectivity index (χ0n) is 7.87. The lowest BCUT2D eigenvalue weighted by atomic mass is 10.3. The Kier molecular flexibility index (Phi) is 3.59. The molecule has 4 heteroatoms. The van der Waals surface area contributed by atoms with Crippen LogP contribution in [0, 0.1) is 6.92 Å². The standard InChI is InChI=1S/C8H15N3S/c1-4-5-6-11-7(2)9-10-8(11)12-3/h4-6H2,1-3H3. The smallest absolute Gasteiger partial charge is 0.190 e. The lowest BCUT2D eigenvalue weighted by Crippen LogP contribution is -2.01. The van der Waals surface area contributed by atoms with E-state index in [-0.39, 0.29) is 0 Å². The Morgan fingerprint density at radius 1 is 1.42 bits per heavy atom. The summed E-state index contributed by atoms with van der Waals surface area (Å²) in [6.07, 6.45) is 4.45. The van der Waals surface area contributed by atoms with Crippen molar-refractivity contribution in [1.82, 2.24) is 14.8 Å². The predicted molar refractivity (Wildman–Crippen MR) is 51.4 cm³/mol. The van der Waals surface area contributed by atoms with Crippen molar-refractivity contribution < 1.29 is 0 Å². The maximum absolute atomic E-state index is 4.06. The summed E-state index contributed by atoms with van der Waals surface area (Å²) in [5.41, 5.74) is 0. The number of nitrogens with zero attached hydrogens (tertiary/aromatic N) is 3. The van der Waals surface area contributed by atoms with E-state index in [4.69, 9.17) is 0 Å². The van der Waals surface area contributed by atoms with Gasteiger partial charge in [-0.3, -0.25) is 0 Å². The highest BCUT2D eigenvalue weighted by molar-refractivity contribution is 7.98. The minimum absolute atomic E-state index is 1.02. The van der Waals surface area contributed by atoms with Crippen LogP contribution in [0.2, 0.25) is 0 Å². The Labute approximate surface area is 77.6 Å². The van der Waals surface area contributed by atoms with Gasteiger partial charge in [0.15, 0.2) is 5.16 Å². The molecular weight excluding hydrogens is 170 g/mol. The van der Waals surface area contributed by atoms with E-state index in [9.17, 15) is 0 Å². The first-order chi connectivity index (χ1) is 5.79. The third kappa shape index (κ3) is 2.00. The zero-order valence-corrected chi connectivity index (χ0v) is 8.69. The highest BCUT2D eigenvalue weighted by Gasteiger charge is 2.05. The van der Waals surface area contributed by atoms with Crippen LogP contribution in [0.1, 0.15) is 25.6 Å². The van der Waals surface area contributed by atoms with Crippen LogP contribution in [0.3, 0.4) is 0 Å². The lowest BCUT2D eigenvalue weighted by molar-refractivity contribution is 0.575. The molecular formula is C8H15N3S. The first-order valence-electron chi connectivity index (χ1n) is 4.23. The van der Waals surface area contributed by atoms with E-state index in [1.807, 2.05) is 13.2 Å². The van der Waals surface area contributed by atoms with Crippen molar-refractivity contribution in [2.24, 2.45) is 0 Å². The van der Waals surface area contributed by atoms with Gasteiger partial charge in [-0.25, -0.2) is 0 Å². The van der Waals surface area contributed by atoms with Gasteiger partial charge in [0.1, 0.15) is 5.82 Å². The van der Waals surface area contributed by atoms with E-state index in [0.717, 1.165) is 17.5 Å². The van der Waals surface area contributed by atoms with E-state index < -0.39 is 0 Å². The van der Waals surface area contributed by atoms with Gasteiger partial charge in [0.25, 0.3) is 0 Å². The molecule has 0 aromatic carbocycles. The highest BCUT2D eigenvalue weighted by atomic mass is 32.2. The number of rotatable bonds is 4. The van der Waals surface area contributed by atoms with Crippen molar-refractivity contribution in [3.8, 4) is 0 Å². The minimum atomic E-state index is 1.02. The van der Waals surface area contributed by atoms with Gasteiger partial charge in [-0.1, -0.05) is 25.1 Å². The Morgan fingerprint density at radius 2 is 2.17 bits per heavy atom. The second kappa shape index (κ2) is 4.50. The molecule has 0 saturated heterocycles. The monoisotopic (exact) mass is 185 g/mol. The Balaban J connectivity index is 2.72. The normalized spacial score (nSPS) is 10.6. The van der Waals surface area contributed by atoms with Crippen molar-refractivity contribution in [3.05, 3.63) is 5.82 Å². The Bertz CT molecular complexity index is 244. The molecule has 68 valence electrons. The van der Waals surface area contributed by atoms with Crippen molar-refractivity contribution in [2.45, 2.75) is 38.4 Å². The van der Waals surface area contributed by atoms with Crippen LogP contribution in [-0.2, 0) is 6.54 Å². The molecule has 1 aromatic rings. The first-order valence-corrected chi connectivity index (χ1v) is 5.45. The fraction of sp³-hybridized carbons (Fsp3) is 0.750. The van der Waals surface area contributed by atoms with Crippen LogP contribution in [0.5, 0.6) is 0 Å². The van der Waals surface area contributed by atoms with Gasteiger partial charge in [-0.05, 0) is 19.6 Å². The van der Waals surface area contributed by atoms with Crippen LogP contribution in [0.25, 0.3) is 0 Å². The number of thioether (sulfide) groups is 1. The van der Waals surface area contributed by atoms with Crippen LogP contribution in [0.4, 0.5) is 0 Å². The third-order valence-corrected chi connectivity index (χ3v) is 2.49. The number of unbranched alkanes of at least 4 members (excludes halogenated alkanes) is 1. The van der Waals surface area contributed by atoms with Crippen molar-refractivity contribution in [1.29, 1.82) is 0 Å². The van der Waals surface area contributed by atoms with E-state index in [2.05, 4.69) is 21.7 Å². The predicted octanol–water partition coefficient (Wildman–Crippen LogP) is 2.11. The van der Waals surface area contributed by atoms with Gasteiger partial charge in [0.2, 0.25) is 0 Å². The molecule has 0 unspecified atom stereocenters. The van der Waals surface area contributed by atoms with Gasteiger partial charge in [-0.2, -0.15) is 0 Å². The molecule has 0 N–H and O–H groups in total. The molecule has 12 heavy (non-hydrogen) atoms. The van der Waals surface area contributed by atoms with Gasteiger partial charge < -0.3 is 4.57 Å². The molecule has 0 aliphatic carbocycles. The molecule has 0 fully saturated rings. The van der Waals surface area contributed by atoms with Gasteiger partial charge in [0, 0.05) is 6.54 Å². The molecule has 1 aromatic heterocycles. The van der Waals surface area contributed by atoms with E-state index >= 15 is 0 Å². The average molecular weight is 185 g/mol. The minimum Gasteiger partial charge on any atom is -0.306 e. The summed E-state index contributed by atoms with van der Waals surface area (Å²) in [7, 11) is 0. The van der Waals surface area contributed by atoms with E-state index in [0.29, 0.717) is 0 Å². The molecule has 3 nitrogen and oxygen atoms in total. The molecule has 1 rings (SSSR count). The van der Waals surface area contributed by atoms with Crippen LogP contribution < -0.4 is 0 Å². The van der Waals surface area contributed by atoms with E-state index in [1.165, 1.54) is 12.8 Å². The molecule has 0 radical (unpaired) electrons. The van der Waals surface area contributed by atoms with Gasteiger partial charge in [0.05, 0.1) is 0 Å². The van der Waals surface area contributed by atoms with Crippen molar-refractivity contribution in [3.63, 3.8) is 0 Å². The Morgan fingerprint density at radius 3 is 2.75 bits per heavy atom. The zero-order chi connectivity index (χ0) is 8.97. The quantitative estimate of drug-likeness (QED) is 0.673. The van der Waals surface area contributed by atoms with Crippen molar-refractivity contribution >= 4 is 11.8 Å². The van der Waals surface area contributed by atoms with Gasteiger partial charge in [-0.15, -0.1) is 10.2 Å². The fourth-order valence-corrected chi connectivity index (χ4v) is 1.65. The summed E-state index contributed by atoms with van der Waals surface area (Å²) in [5.74, 6) is 1.02.